The van der Waals surface area contributed by atoms with Crippen molar-refractivity contribution in [2.75, 3.05) is 26.2 Å². The van der Waals surface area contributed by atoms with E-state index in [2.05, 4.69) is 29.2 Å². The van der Waals surface area contributed by atoms with Gasteiger partial charge in [0.25, 0.3) is 0 Å². The SMILES string of the molecule is CCOc1ccc([C@H](O)[C@H](CN2CCCCC2)c2ccccc2)cc1. The number of benzene rings is 2. The molecular weight excluding hydrogens is 310 g/mol. The van der Waals surface area contributed by atoms with Gasteiger partial charge in [-0.1, -0.05) is 48.9 Å². The number of aliphatic hydroxyl groups excluding tert-OH is 1. The molecule has 3 rings (SSSR count). The standard InChI is InChI=1S/C22H29NO2/c1-2-25-20-13-11-19(12-14-20)22(24)21(18-9-5-3-6-10-18)17-23-15-7-4-8-16-23/h3,5-6,9-14,21-22,24H,2,4,7-8,15-17H2,1H3/t21-,22+/m1/s1. The molecule has 2 aromatic carbocycles. The zero-order valence-corrected chi connectivity index (χ0v) is 15.1. The second-order valence-electron chi connectivity index (χ2n) is 6.83. The van der Waals surface area contributed by atoms with Crippen LogP contribution in [-0.4, -0.2) is 36.2 Å². The van der Waals surface area contributed by atoms with E-state index in [1.54, 1.807) is 0 Å². The lowest BCUT2D eigenvalue weighted by molar-refractivity contribution is 0.109. The molecule has 3 nitrogen and oxygen atoms in total. The molecule has 1 saturated heterocycles. The molecule has 0 amide bonds. The van der Waals surface area contributed by atoms with E-state index in [1.165, 1.54) is 24.8 Å². The topological polar surface area (TPSA) is 32.7 Å². The molecule has 25 heavy (non-hydrogen) atoms. The summed E-state index contributed by atoms with van der Waals surface area (Å²) in [6.07, 6.45) is 3.34. The Morgan fingerprint density at radius 2 is 1.60 bits per heavy atom. The predicted molar refractivity (Wildman–Crippen MR) is 102 cm³/mol. The summed E-state index contributed by atoms with van der Waals surface area (Å²) in [5.41, 5.74) is 2.16. The van der Waals surface area contributed by atoms with E-state index in [0.717, 1.165) is 30.9 Å². The Hall–Kier alpha value is -1.84. The third kappa shape index (κ3) is 4.83. The maximum absolute atomic E-state index is 11.1. The lowest BCUT2D eigenvalue weighted by Gasteiger charge is -2.33. The summed E-state index contributed by atoms with van der Waals surface area (Å²) in [5, 5.41) is 11.1. The van der Waals surface area contributed by atoms with Crippen LogP contribution in [-0.2, 0) is 0 Å². The maximum atomic E-state index is 11.1. The van der Waals surface area contributed by atoms with Gasteiger partial charge in [0.05, 0.1) is 12.7 Å². The molecule has 1 heterocycles. The normalized spacial score (nSPS) is 17.8. The molecule has 3 heteroatoms. The molecule has 2 aromatic rings. The number of ether oxygens (including phenoxy) is 1. The van der Waals surface area contributed by atoms with Crippen molar-refractivity contribution in [3.8, 4) is 5.75 Å². The van der Waals surface area contributed by atoms with E-state index in [-0.39, 0.29) is 5.92 Å². The highest BCUT2D eigenvalue weighted by Gasteiger charge is 2.26. The third-order valence-electron chi connectivity index (χ3n) is 5.05. The van der Waals surface area contributed by atoms with E-state index >= 15 is 0 Å². The molecule has 2 atom stereocenters. The summed E-state index contributed by atoms with van der Waals surface area (Å²) < 4.78 is 5.52. The number of rotatable bonds is 7. The Bertz CT molecular complexity index is 620. The second-order valence-corrected chi connectivity index (χ2v) is 6.83. The van der Waals surface area contributed by atoms with E-state index < -0.39 is 6.10 Å². The minimum Gasteiger partial charge on any atom is -0.494 e. The number of aliphatic hydroxyl groups is 1. The minimum absolute atomic E-state index is 0.0808. The van der Waals surface area contributed by atoms with Gasteiger partial charge in [0.15, 0.2) is 0 Å². The van der Waals surface area contributed by atoms with E-state index in [1.807, 2.05) is 37.3 Å². The van der Waals surface area contributed by atoms with Gasteiger partial charge < -0.3 is 14.7 Å². The van der Waals surface area contributed by atoms with E-state index in [0.29, 0.717) is 6.61 Å². The van der Waals surface area contributed by atoms with Crippen LogP contribution < -0.4 is 4.74 Å². The van der Waals surface area contributed by atoms with Crippen LogP contribution in [0.15, 0.2) is 54.6 Å². The molecule has 1 N–H and O–H groups in total. The summed E-state index contributed by atoms with van der Waals surface area (Å²) in [4.78, 5) is 2.50. The number of likely N-dealkylation sites (tertiary alicyclic amines) is 1. The number of piperidine rings is 1. The molecule has 1 fully saturated rings. The van der Waals surface area contributed by atoms with Crippen LogP contribution in [0.3, 0.4) is 0 Å². The molecule has 1 aliphatic rings. The smallest absolute Gasteiger partial charge is 0.119 e. The first kappa shape index (κ1) is 18.0. The maximum Gasteiger partial charge on any atom is 0.119 e. The van der Waals surface area contributed by atoms with Crippen LogP contribution in [0.4, 0.5) is 0 Å². The summed E-state index contributed by atoms with van der Waals surface area (Å²) in [7, 11) is 0. The average molecular weight is 339 g/mol. The fourth-order valence-corrected chi connectivity index (χ4v) is 3.67. The first-order valence-electron chi connectivity index (χ1n) is 9.46. The van der Waals surface area contributed by atoms with Gasteiger partial charge in [0, 0.05) is 12.5 Å². The number of hydrogen-bond acceptors (Lipinski definition) is 3. The highest BCUT2D eigenvalue weighted by Crippen LogP contribution is 2.33. The van der Waals surface area contributed by atoms with Gasteiger partial charge in [0.1, 0.15) is 5.75 Å². The third-order valence-corrected chi connectivity index (χ3v) is 5.05. The number of nitrogens with zero attached hydrogens (tertiary/aromatic N) is 1. The van der Waals surface area contributed by atoms with Crippen LogP contribution in [0.2, 0.25) is 0 Å². The Morgan fingerprint density at radius 3 is 2.24 bits per heavy atom. The van der Waals surface area contributed by atoms with Gasteiger partial charge in [-0.25, -0.2) is 0 Å². The lowest BCUT2D eigenvalue weighted by atomic mass is 9.88. The van der Waals surface area contributed by atoms with Crippen molar-refractivity contribution in [1.29, 1.82) is 0 Å². The molecule has 0 saturated carbocycles. The summed E-state index contributed by atoms with van der Waals surface area (Å²) in [6.45, 7) is 5.81. The molecular formula is C22H29NO2. The van der Waals surface area contributed by atoms with Gasteiger partial charge in [-0.05, 0) is 56.1 Å². The first-order valence-corrected chi connectivity index (χ1v) is 9.46. The van der Waals surface area contributed by atoms with E-state index in [9.17, 15) is 5.11 Å². The van der Waals surface area contributed by atoms with Gasteiger partial charge in [-0.2, -0.15) is 0 Å². The average Bonchev–Trinajstić information content (AvgIpc) is 2.68. The summed E-state index contributed by atoms with van der Waals surface area (Å²) in [5.74, 6) is 0.933. The van der Waals surface area contributed by atoms with Crippen molar-refractivity contribution in [2.24, 2.45) is 0 Å². The highest BCUT2D eigenvalue weighted by molar-refractivity contribution is 5.32. The molecule has 0 radical (unpaired) electrons. The first-order chi connectivity index (χ1) is 12.3. The van der Waals surface area contributed by atoms with Crippen molar-refractivity contribution in [3.63, 3.8) is 0 Å². The summed E-state index contributed by atoms with van der Waals surface area (Å²) >= 11 is 0. The second kappa shape index (κ2) is 9.02. The molecule has 0 bridgehead atoms. The predicted octanol–water partition coefficient (Wildman–Crippen LogP) is 4.39. The zero-order valence-electron chi connectivity index (χ0n) is 15.1. The van der Waals surface area contributed by atoms with Crippen LogP contribution in [0, 0.1) is 0 Å². The van der Waals surface area contributed by atoms with Crippen LogP contribution in [0.5, 0.6) is 5.75 Å². The van der Waals surface area contributed by atoms with Crippen LogP contribution >= 0.6 is 0 Å². The monoisotopic (exact) mass is 339 g/mol. The van der Waals surface area contributed by atoms with Crippen molar-refractivity contribution < 1.29 is 9.84 Å². The van der Waals surface area contributed by atoms with Gasteiger partial charge in [0.2, 0.25) is 0 Å². The van der Waals surface area contributed by atoms with Crippen molar-refractivity contribution in [3.05, 3.63) is 65.7 Å². The Morgan fingerprint density at radius 1 is 0.920 bits per heavy atom. The Balaban J connectivity index is 1.79. The summed E-state index contributed by atoms with van der Waals surface area (Å²) in [6, 6.07) is 18.3. The zero-order chi connectivity index (χ0) is 17.5. The van der Waals surface area contributed by atoms with Crippen molar-refractivity contribution in [1.82, 2.24) is 4.90 Å². The molecule has 134 valence electrons. The molecule has 0 unspecified atom stereocenters. The van der Waals surface area contributed by atoms with E-state index in [4.69, 9.17) is 4.74 Å². The largest absolute Gasteiger partial charge is 0.494 e. The molecule has 0 aromatic heterocycles. The Kier molecular flexibility index (Phi) is 6.48. The van der Waals surface area contributed by atoms with Crippen molar-refractivity contribution >= 4 is 0 Å². The molecule has 0 aliphatic carbocycles. The fourth-order valence-electron chi connectivity index (χ4n) is 3.67. The quantitative estimate of drug-likeness (QED) is 0.812. The molecule has 0 spiro atoms. The molecule has 1 aliphatic heterocycles. The number of hydrogen-bond donors (Lipinski definition) is 1. The van der Waals surface area contributed by atoms with Gasteiger partial charge in [-0.15, -0.1) is 0 Å². The van der Waals surface area contributed by atoms with Gasteiger partial charge in [-0.3, -0.25) is 0 Å². The Labute approximate surface area is 151 Å². The van der Waals surface area contributed by atoms with Crippen molar-refractivity contribution in [2.45, 2.75) is 38.2 Å². The highest BCUT2D eigenvalue weighted by atomic mass is 16.5. The van der Waals surface area contributed by atoms with Gasteiger partial charge >= 0.3 is 0 Å². The van der Waals surface area contributed by atoms with Crippen LogP contribution in [0.1, 0.15) is 49.3 Å². The van der Waals surface area contributed by atoms with Crippen LogP contribution in [0.25, 0.3) is 0 Å². The fraction of sp³-hybridized carbons (Fsp3) is 0.455. The lowest BCUT2D eigenvalue weighted by Crippen LogP contribution is -2.35. The minimum atomic E-state index is -0.514.